The minimum atomic E-state index is -0.161. The van der Waals surface area contributed by atoms with Crippen LogP contribution in [0.1, 0.15) is 5.56 Å². The van der Waals surface area contributed by atoms with Crippen molar-refractivity contribution in [1.29, 1.82) is 0 Å². The van der Waals surface area contributed by atoms with Crippen molar-refractivity contribution in [2.45, 2.75) is 6.92 Å². The topological polar surface area (TPSA) is 43.6 Å². The fourth-order valence-electron chi connectivity index (χ4n) is 1.86. The first-order chi connectivity index (χ1) is 9.61. The zero-order valence-corrected chi connectivity index (χ0v) is 12.3. The lowest BCUT2D eigenvalue weighted by atomic mass is 10.3. The van der Waals surface area contributed by atoms with Gasteiger partial charge in [-0.05, 0) is 42.8 Å². The zero-order chi connectivity index (χ0) is 14.1. The summed E-state index contributed by atoms with van der Waals surface area (Å²) in [6.07, 6.45) is 1.76. The van der Waals surface area contributed by atoms with E-state index in [-0.39, 0.29) is 5.56 Å². The van der Waals surface area contributed by atoms with E-state index in [0.29, 0.717) is 17.3 Å². The van der Waals surface area contributed by atoms with Gasteiger partial charge in [0.2, 0.25) is 5.88 Å². The fourth-order valence-corrected chi connectivity index (χ4v) is 2.13. The van der Waals surface area contributed by atoms with E-state index in [0.717, 1.165) is 10.0 Å². The van der Waals surface area contributed by atoms with Gasteiger partial charge in [0.05, 0.1) is 6.07 Å². The molecule has 0 amide bonds. The second-order valence-electron chi connectivity index (χ2n) is 4.42. The van der Waals surface area contributed by atoms with E-state index in [1.54, 1.807) is 12.3 Å². The first-order valence-corrected chi connectivity index (χ1v) is 6.85. The molecule has 2 aromatic heterocycles. The van der Waals surface area contributed by atoms with Gasteiger partial charge in [-0.1, -0.05) is 22.0 Å². The van der Waals surface area contributed by atoms with Crippen molar-refractivity contribution in [3.05, 3.63) is 69.1 Å². The molecular weight excluding hydrogens is 320 g/mol. The predicted molar refractivity (Wildman–Crippen MR) is 80.4 cm³/mol. The van der Waals surface area contributed by atoms with Crippen molar-refractivity contribution in [2.75, 3.05) is 0 Å². The van der Waals surface area contributed by atoms with Gasteiger partial charge < -0.3 is 4.74 Å². The van der Waals surface area contributed by atoms with Crippen LogP contribution in [0.2, 0.25) is 0 Å². The maximum atomic E-state index is 12.0. The molecule has 0 saturated heterocycles. The number of aromatic nitrogens is 2. The van der Waals surface area contributed by atoms with Crippen LogP contribution in [0.15, 0.2) is 57.9 Å². The molecular formula is C15H11BrN2O2. The van der Waals surface area contributed by atoms with Gasteiger partial charge in [-0.3, -0.25) is 9.20 Å². The van der Waals surface area contributed by atoms with Crippen LogP contribution < -0.4 is 10.3 Å². The van der Waals surface area contributed by atoms with Gasteiger partial charge in [0.1, 0.15) is 11.4 Å². The third-order valence-corrected chi connectivity index (χ3v) is 3.35. The van der Waals surface area contributed by atoms with Crippen LogP contribution in [0.3, 0.4) is 0 Å². The highest BCUT2D eigenvalue weighted by atomic mass is 79.9. The van der Waals surface area contributed by atoms with Crippen LogP contribution in [-0.4, -0.2) is 9.38 Å². The Morgan fingerprint density at radius 3 is 2.65 bits per heavy atom. The van der Waals surface area contributed by atoms with E-state index in [4.69, 9.17) is 4.74 Å². The molecule has 0 aliphatic heterocycles. The molecule has 2 heterocycles. The van der Waals surface area contributed by atoms with Gasteiger partial charge in [0, 0.05) is 10.7 Å². The summed E-state index contributed by atoms with van der Waals surface area (Å²) in [5.74, 6) is 0.928. The molecule has 0 radical (unpaired) electrons. The Hall–Kier alpha value is -2.14. The fraction of sp³-hybridized carbons (Fsp3) is 0.0667. The maximum Gasteiger partial charge on any atom is 0.261 e. The molecule has 100 valence electrons. The largest absolute Gasteiger partial charge is 0.439 e. The number of halogens is 1. The van der Waals surface area contributed by atoms with Crippen LogP contribution in [0.25, 0.3) is 5.65 Å². The average molecular weight is 331 g/mol. The lowest BCUT2D eigenvalue weighted by molar-refractivity contribution is 0.462. The number of hydrogen-bond acceptors (Lipinski definition) is 3. The third-order valence-electron chi connectivity index (χ3n) is 2.82. The lowest BCUT2D eigenvalue weighted by Gasteiger charge is -2.06. The highest BCUT2D eigenvalue weighted by Crippen LogP contribution is 2.21. The SMILES string of the molecule is Cc1ccc2nc(Oc3ccc(Br)cc3)cc(=O)n2c1. The van der Waals surface area contributed by atoms with Crippen LogP contribution in [0.5, 0.6) is 11.6 Å². The Morgan fingerprint density at radius 1 is 1.15 bits per heavy atom. The van der Waals surface area contributed by atoms with E-state index in [1.165, 1.54) is 10.5 Å². The molecule has 5 heteroatoms. The summed E-state index contributed by atoms with van der Waals surface area (Å²) in [6, 6.07) is 12.4. The molecule has 0 unspecified atom stereocenters. The molecule has 0 spiro atoms. The van der Waals surface area contributed by atoms with Crippen LogP contribution in [0, 0.1) is 6.92 Å². The molecule has 0 N–H and O–H groups in total. The molecule has 3 rings (SSSR count). The summed E-state index contributed by atoms with van der Waals surface area (Å²) in [7, 11) is 0. The highest BCUT2D eigenvalue weighted by molar-refractivity contribution is 9.10. The number of fused-ring (bicyclic) bond motifs is 1. The monoisotopic (exact) mass is 330 g/mol. The molecule has 0 saturated carbocycles. The van der Waals surface area contributed by atoms with Crippen molar-refractivity contribution in [3.63, 3.8) is 0 Å². The molecule has 0 atom stereocenters. The van der Waals surface area contributed by atoms with Gasteiger partial charge in [0.25, 0.3) is 5.56 Å². The van der Waals surface area contributed by atoms with E-state index in [1.807, 2.05) is 37.3 Å². The lowest BCUT2D eigenvalue weighted by Crippen LogP contribution is -2.14. The zero-order valence-electron chi connectivity index (χ0n) is 10.7. The smallest absolute Gasteiger partial charge is 0.261 e. The van der Waals surface area contributed by atoms with Crippen LogP contribution in [0.4, 0.5) is 0 Å². The van der Waals surface area contributed by atoms with E-state index < -0.39 is 0 Å². The summed E-state index contributed by atoms with van der Waals surface area (Å²) in [5.41, 5.74) is 1.41. The Balaban J connectivity index is 2.02. The number of pyridine rings is 1. The van der Waals surface area contributed by atoms with Crippen molar-refractivity contribution in [3.8, 4) is 11.6 Å². The molecule has 0 aliphatic carbocycles. The predicted octanol–water partition coefficient (Wildman–Crippen LogP) is 3.56. The number of hydrogen-bond donors (Lipinski definition) is 0. The Kier molecular flexibility index (Phi) is 3.28. The minimum absolute atomic E-state index is 0.161. The first kappa shape index (κ1) is 12.9. The van der Waals surface area contributed by atoms with Gasteiger partial charge in [-0.15, -0.1) is 0 Å². The molecule has 20 heavy (non-hydrogen) atoms. The number of aryl methyl sites for hydroxylation is 1. The summed E-state index contributed by atoms with van der Waals surface area (Å²) < 4.78 is 8.08. The van der Waals surface area contributed by atoms with Crippen LogP contribution >= 0.6 is 15.9 Å². The quantitative estimate of drug-likeness (QED) is 0.721. The Morgan fingerprint density at radius 2 is 1.90 bits per heavy atom. The highest BCUT2D eigenvalue weighted by Gasteiger charge is 2.04. The van der Waals surface area contributed by atoms with Gasteiger partial charge in [-0.2, -0.15) is 4.98 Å². The molecule has 4 nitrogen and oxygen atoms in total. The minimum Gasteiger partial charge on any atom is -0.439 e. The number of benzene rings is 1. The molecule has 3 aromatic rings. The number of nitrogens with zero attached hydrogens (tertiary/aromatic N) is 2. The summed E-state index contributed by atoms with van der Waals surface area (Å²) in [4.78, 5) is 16.4. The second-order valence-corrected chi connectivity index (χ2v) is 5.34. The molecule has 0 bridgehead atoms. The van der Waals surface area contributed by atoms with Crippen molar-refractivity contribution >= 4 is 21.6 Å². The summed E-state index contributed by atoms with van der Waals surface area (Å²) in [6.45, 7) is 1.93. The third kappa shape index (κ3) is 2.58. The van der Waals surface area contributed by atoms with Gasteiger partial charge in [0.15, 0.2) is 0 Å². The van der Waals surface area contributed by atoms with E-state index in [9.17, 15) is 4.79 Å². The van der Waals surface area contributed by atoms with Gasteiger partial charge >= 0.3 is 0 Å². The van der Waals surface area contributed by atoms with E-state index in [2.05, 4.69) is 20.9 Å². The standard InChI is InChI=1S/C15H11BrN2O2/c1-10-2-7-13-17-14(8-15(19)18(13)9-10)20-12-5-3-11(16)4-6-12/h2-9H,1H3. The average Bonchev–Trinajstić information content (AvgIpc) is 2.42. The maximum absolute atomic E-state index is 12.0. The summed E-state index contributed by atoms with van der Waals surface area (Å²) >= 11 is 3.36. The normalized spacial score (nSPS) is 10.7. The Labute approximate surface area is 123 Å². The first-order valence-electron chi connectivity index (χ1n) is 6.05. The number of ether oxygens (including phenoxy) is 1. The molecule has 0 aliphatic rings. The van der Waals surface area contributed by atoms with Crippen molar-refractivity contribution < 1.29 is 4.74 Å². The van der Waals surface area contributed by atoms with E-state index >= 15 is 0 Å². The second kappa shape index (κ2) is 5.09. The van der Waals surface area contributed by atoms with Crippen LogP contribution in [-0.2, 0) is 0 Å². The Bertz CT molecular complexity index is 825. The summed E-state index contributed by atoms with van der Waals surface area (Å²) in [5, 5.41) is 0. The number of rotatable bonds is 2. The van der Waals surface area contributed by atoms with Gasteiger partial charge in [-0.25, -0.2) is 0 Å². The molecule has 0 fully saturated rings. The van der Waals surface area contributed by atoms with Crippen molar-refractivity contribution in [1.82, 2.24) is 9.38 Å². The molecule has 1 aromatic carbocycles. The van der Waals surface area contributed by atoms with Crippen molar-refractivity contribution in [2.24, 2.45) is 0 Å².